The van der Waals surface area contributed by atoms with Crippen molar-refractivity contribution in [3.05, 3.63) is 29.8 Å². The molecule has 0 aromatic heterocycles. The third-order valence-corrected chi connectivity index (χ3v) is 8.06. The Kier molecular flexibility index (Phi) is 6.30. The van der Waals surface area contributed by atoms with Crippen molar-refractivity contribution in [1.29, 1.82) is 0 Å². The molecule has 0 atom stereocenters. The number of carbonyl (C=O) groups excluding carboxylic acids is 3. The first-order valence-electron chi connectivity index (χ1n) is 12.7. The lowest BCUT2D eigenvalue weighted by molar-refractivity contribution is -0.133. The summed E-state index contributed by atoms with van der Waals surface area (Å²) in [6.07, 6.45) is 10.3. The Hall–Kier alpha value is -2.57. The van der Waals surface area contributed by atoms with Crippen molar-refractivity contribution in [1.82, 2.24) is 15.5 Å². The van der Waals surface area contributed by atoms with Crippen molar-refractivity contribution < 1.29 is 14.4 Å². The zero-order valence-corrected chi connectivity index (χ0v) is 19.4. The minimum Gasteiger partial charge on any atom is -0.338 e. The summed E-state index contributed by atoms with van der Waals surface area (Å²) < 4.78 is 0. The van der Waals surface area contributed by atoms with Crippen LogP contribution in [0.15, 0.2) is 24.3 Å². The maximum atomic E-state index is 12.5. The van der Waals surface area contributed by atoms with Gasteiger partial charge in [0, 0.05) is 43.7 Å². The number of anilines is 1. The van der Waals surface area contributed by atoms with Crippen molar-refractivity contribution in [3.8, 4) is 0 Å². The van der Waals surface area contributed by atoms with Crippen molar-refractivity contribution >= 4 is 23.5 Å². The number of nitrogens with zero attached hydrogens (tertiary/aromatic N) is 1. The van der Waals surface area contributed by atoms with Gasteiger partial charge in [-0.15, -0.1) is 0 Å². The van der Waals surface area contributed by atoms with E-state index in [-0.39, 0.29) is 29.8 Å². The van der Waals surface area contributed by atoms with E-state index < -0.39 is 0 Å². The summed E-state index contributed by atoms with van der Waals surface area (Å²) in [7, 11) is 0. The van der Waals surface area contributed by atoms with Gasteiger partial charge >= 0.3 is 6.03 Å². The summed E-state index contributed by atoms with van der Waals surface area (Å²) in [4.78, 5) is 38.9. The van der Waals surface area contributed by atoms with Crippen LogP contribution in [0.3, 0.4) is 0 Å². The van der Waals surface area contributed by atoms with Crippen molar-refractivity contribution in [2.45, 2.75) is 76.3 Å². The highest BCUT2D eigenvalue weighted by Crippen LogP contribution is 2.55. The van der Waals surface area contributed by atoms with Crippen LogP contribution in [-0.4, -0.2) is 41.4 Å². The monoisotopic (exact) mass is 452 g/mol. The van der Waals surface area contributed by atoms with Gasteiger partial charge in [0.2, 0.25) is 11.8 Å². The van der Waals surface area contributed by atoms with Crippen LogP contribution < -0.4 is 16.0 Å². The standard InChI is InChI=1S/C26H36N4O3/c31-23(28-22-5-3-4-18(13-22)17-30-9-2-1-6-24(30)32)7-8-27-25(33)29-26-14-19-10-20(15-26)12-21(11-19)16-26/h3-5,13,19-21H,1-2,6-12,14-17H2,(H,28,31)(H2,27,29,33). The number of rotatable bonds is 7. The lowest BCUT2D eigenvalue weighted by Crippen LogP contribution is -2.61. The van der Waals surface area contributed by atoms with Gasteiger partial charge in [0.1, 0.15) is 0 Å². The molecule has 1 heterocycles. The number of benzene rings is 1. The average Bonchev–Trinajstić information content (AvgIpc) is 2.74. The van der Waals surface area contributed by atoms with Crippen LogP contribution >= 0.6 is 0 Å². The molecule has 1 aliphatic heterocycles. The van der Waals surface area contributed by atoms with E-state index in [9.17, 15) is 14.4 Å². The largest absolute Gasteiger partial charge is 0.338 e. The molecule has 0 radical (unpaired) electrons. The number of likely N-dealkylation sites (tertiary alicyclic amines) is 1. The van der Waals surface area contributed by atoms with E-state index in [2.05, 4.69) is 16.0 Å². The Bertz CT molecular complexity index is 879. The first-order valence-corrected chi connectivity index (χ1v) is 12.7. The molecule has 178 valence electrons. The van der Waals surface area contributed by atoms with Crippen LogP contribution in [0.5, 0.6) is 0 Å². The molecule has 7 heteroatoms. The highest BCUT2D eigenvalue weighted by molar-refractivity contribution is 5.91. The molecule has 1 saturated heterocycles. The smallest absolute Gasteiger partial charge is 0.315 e. The Morgan fingerprint density at radius 1 is 1.03 bits per heavy atom. The molecule has 6 rings (SSSR count). The fourth-order valence-corrected chi connectivity index (χ4v) is 7.06. The van der Waals surface area contributed by atoms with Crippen LogP contribution in [-0.2, 0) is 16.1 Å². The third kappa shape index (κ3) is 5.33. The Morgan fingerprint density at radius 3 is 2.45 bits per heavy atom. The van der Waals surface area contributed by atoms with Gasteiger partial charge in [0.25, 0.3) is 0 Å². The molecule has 3 N–H and O–H groups in total. The predicted octanol–water partition coefficient (Wildman–Crippen LogP) is 3.80. The van der Waals surface area contributed by atoms with Crippen LogP contribution in [0.1, 0.15) is 69.8 Å². The maximum absolute atomic E-state index is 12.5. The Labute approximate surface area is 196 Å². The van der Waals surface area contributed by atoms with E-state index in [1.165, 1.54) is 19.3 Å². The minimum atomic E-state index is -0.141. The number of hydrogen-bond donors (Lipinski definition) is 3. The van der Waals surface area contributed by atoms with Crippen molar-refractivity contribution in [2.75, 3.05) is 18.4 Å². The van der Waals surface area contributed by atoms with E-state index in [0.29, 0.717) is 19.5 Å². The van der Waals surface area contributed by atoms with Crippen LogP contribution in [0.4, 0.5) is 10.5 Å². The second-order valence-corrected chi connectivity index (χ2v) is 10.8. The summed E-state index contributed by atoms with van der Waals surface area (Å²) in [5, 5.41) is 9.09. The highest BCUT2D eigenvalue weighted by Gasteiger charge is 2.51. The summed E-state index contributed by atoms with van der Waals surface area (Å²) in [6.45, 7) is 1.69. The van der Waals surface area contributed by atoms with E-state index in [1.54, 1.807) is 0 Å². The number of amides is 4. The molecule has 4 aliphatic carbocycles. The lowest BCUT2D eigenvalue weighted by Gasteiger charge is -2.56. The molecule has 0 spiro atoms. The number of hydrogen-bond acceptors (Lipinski definition) is 3. The van der Waals surface area contributed by atoms with Gasteiger partial charge in [0.15, 0.2) is 0 Å². The fraction of sp³-hybridized carbons (Fsp3) is 0.654. The van der Waals surface area contributed by atoms with Gasteiger partial charge in [-0.05, 0) is 86.8 Å². The van der Waals surface area contributed by atoms with Crippen molar-refractivity contribution in [3.63, 3.8) is 0 Å². The summed E-state index contributed by atoms with van der Waals surface area (Å²) >= 11 is 0. The van der Waals surface area contributed by atoms with Crippen LogP contribution in [0.25, 0.3) is 0 Å². The minimum absolute atomic E-state index is 0.0166. The molecular formula is C26H36N4O3. The quantitative estimate of drug-likeness (QED) is 0.588. The average molecular weight is 453 g/mol. The zero-order valence-electron chi connectivity index (χ0n) is 19.4. The number of nitrogens with one attached hydrogen (secondary N) is 3. The summed E-state index contributed by atoms with van der Waals surface area (Å²) in [5.74, 6) is 2.42. The second kappa shape index (κ2) is 9.35. The first kappa shape index (κ1) is 22.2. The van der Waals surface area contributed by atoms with Gasteiger partial charge in [-0.3, -0.25) is 9.59 Å². The van der Waals surface area contributed by atoms with Gasteiger partial charge < -0.3 is 20.9 Å². The first-order chi connectivity index (χ1) is 16.0. The molecule has 1 aromatic rings. The predicted molar refractivity (Wildman–Crippen MR) is 126 cm³/mol. The molecule has 33 heavy (non-hydrogen) atoms. The third-order valence-electron chi connectivity index (χ3n) is 8.06. The molecule has 4 amide bonds. The Balaban J connectivity index is 1.05. The highest BCUT2D eigenvalue weighted by atomic mass is 16.2. The zero-order chi connectivity index (χ0) is 22.8. The molecule has 4 saturated carbocycles. The number of piperidine rings is 1. The lowest BCUT2D eigenvalue weighted by atomic mass is 9.53. The Morgan fingerprint density at radius 2 is 1.76 bits per heavy atom. The molecular weight excluding hydrogens is 416 g/mol. The molecule has 7 nitrogen and oxygen atoms in total. The maximum Gasteiger partial charge on any atom is 0.315 e. The summed E-state index contributed by atoms with van der Waals surface area (Å²) in [6, 6.07) is 7.52. The van der Waals surface area contributed by atoms with E-state index in [0.717, 1.165) is 67.7 Å². The number of carbonyl (C=O) groups is 3. The van der Waals surface area contributed by atoms with Gasteiger partial charge in [-0.2, -0.15) is 0 Å². The van der Waals surface area contributed by atoms with E-state index in [1.807, 2.05) is 29.2 Å². The topological polar surface area (TPSA) is 90.5 Å². The number of urea groups is 1. The fourth-order valence-electron chi connectivity index (χ4n) is 7.06. The second-order valence-electron chi connectivity index (χ2n) is 10.8. The van der Waals surface area contributed by atoms with Crippen molar-refractivity contribution in [2.24, 2.45) is 17.8 Å². The SMILES string of the molecule is O=C(CCNC(=O)NC12CC3CC(CC(C3)C1)C2)Nc1cccc(CN2CCCCC2=O)c1. The van der Waals surface area contributed by atoms with Gasteiger partial charge in [-0.1, -0.05) is 12.1 Å². The molecule has 4 bridgehead atoms. The molecule has 5 aliphatic rings. The summed E-state index contributed by atoms with van der Waals surface area (Å²) in [5.41, 5.74) is 1.72. The van der Waals surface area contributed by atoms with Crippen LogP contribution in [0, 0.1) is 17.8 Å². The molecule has 1 aromatic carbocycles. The molecule has 0 unspecified atom stereocenters. The van der Waals surface area contributed by atoms with Crippen LogP contribution in [0.2, 0.25) is 0 Å². The molecule has 5 fully saturated rings. The van der Waals surface area contributed by atoms with Gasteiger partial charge in [-0.25, -0.2) is 4.79 Å². The van der Waals surface area contributed by atoms with Gasteiger partial charge in [0.05, 0.1) is 0 Å². The normalized spacial score (nSPS) is 30.2. The van der Waals surface area contributed by atoms with E-state index in [4.69, 9.17) is 0 Å². The van der Waals surface area contributed by atoms with E-state index >= 15 is 0 Å².